The highest BCUT2D eigenvalue weighted by Gasteiger charge is 2.17. The number of benzene rings is 3. The number of thioether (sulfide) groups is 1. The molecule has 170 valence electrons. The Bertz CT molecular complexity index is 1340. The maximum Gasteiger partial charge on any atom is 0.270 e. The van der Waals surface area contributed by atoms with Gasteiger partial charge in [0.2, 0.25) is 0 Å². The summed E-state index contributed by atoms with van der Waals surface area (Å²) in [5.41, 5.74) is 4.00. The Morgan fingerprint density at radius 2 is 1.79 bits per heavy atom. The van der Waals surface area contributed by atoms with Crippen molar-refractivity contribution in [2.75, 3.05) is 5.75 Å². The van der Waals surface area contributed by atoms with E-state index in [2.05, 4.69) is 20.7 Å². The molecule has 0 saturated carbocycles. The van der Waals surface area contributed by atoms with Crippen molar-refractivity contribution in [3.63, 3.8) is 0 Å². The number of nitro groups is 1. The first kappa shape index (κ1) is 22.7. The molecular weight excluding hydrogens is 456 g/mol. The summed E-state index contributed by atoms with van der Waals surface area (Å²) in [5, 5.41) is 33.6. The van der Waals surface area contributed by atoms with Gasteiger partial charge in [-0.05, 0) is 18.2 Å². The number of phenols is 1. The molecule has 2 N–H and O–H groups in total. The van der Waals surface area contributed by atoms with Gasteiger partial charge in [0.25, 0.3) is 11.6 Å². The SMILES string of the molecule is O=C(CSc1nnc(-c2ccccc2)n1-c1ccccc1)N/N=C\c1cc([N+](=O)[O-])ccc1O. The highest BCUT2D eigenvalue weighted by molar-refractivity contribution is 7.99. The summed E-state index contributed by atoms with van der Waals surface area (Å²) in [4.78, 5) is 22.6. The monoisotopic (exact) mass is 474 g/mol. The number of non-ortho nitro benzene ring substituents is 1. The number of nitro benzene ring substituents is 1. The number of para-hydroxylation sites is 1. The van der Waals surface area contributed by atoms with Crippen LogP contribution in [0, 0.1) is 10.1 Å². The molecule has 0 radical (unpaired) electrons. The van der Waals surface area contributed by atoms with Gasteiger partial charge in [0, 0.05) is 28.9 Å². The number of aromatic hydroxyl groups is 1. The number of aromatic nitrogens is 3. The van der Waals surface area contributed by atoms with Crippen molar-refractivity contribution in [2.24, 2.45) is 5.10 Å². The molecule has 34 heavy (non-hydrogen) atoms. The number of hydrazone groups is 1. The first-order valence-electron chi connectivity index (χ1n) is 10.0. The Labute approximate surface area is 198 Å². The summed E-state index contributed by atoms with van der Waals surface area (Å²) in [6, 6.07) is 22.7. The topological polar surface area (TPSA) is 136 Å². The summed E-state index contributed by atoms with van der Waals surface area (Å²) in [5.74, 6) is 0.0316. The molecule has 4 rings (SSSR count). The lowest BCUT2D eigenvalue weighted by molar-refractivity contribution is -0.384. The fourth-order valence-corrected chi connectivity index (χ4v) is 3.79. The van der Waals surface area contributed by atoms with E-state index in [0.29, 0.717) is 11.0 Å². The van der Waals surface area contributed by atoms with E-state index in [1.54, 1.807) is 0 Å². The second-order valence-corrected chi connectivity index (χ2v) is 7.87. The number of hydrogen-bond donors (Lipinski definition) is 2. The standard InChI is InChI=1S/C23H18N6O4S/c30-20-12-11-19(29(32)33)13-17(20)14-24-25-21(31)15-34-23-27-26-22(16-7-3-1-4-8-16)28(23)18-9-5-2-6-10-18/h1-14,30H,15H2,(H,25,31)/b24-14-. The van der Waals surface area contributed by atoms with Gasteiger partial charge in [-0.3, -0.25) is 19.5 Å². The van der Waals surface area contributed by atoms with Crippen LogP contribution in [0.5, 0.6) is 5.75 Å². The van der Waals surface area contributed by atoms with Crippen LogP contribution in [-0.4, -0.2) is 42.7 Å². The van der Waals surface area contributed by atoms with Gasteiger partial charge >= 0.3 is 0 Å². The van der Waals surface area contributed by atoms with Crippen molar-refractivity contribution in [1.82, 2.24) is 20.2 Å². The van der Waals surface area contributed by atoms with Gasteiger partial charge in [0.05, 0.1) is 16.9 Å². The van der Waals surface area contributed by atoms with Crippen molar-refractivity contribution in [2.45, 2.75) is 5.16 Å². The quantitative estimate of drug-likeness (QED) is 0.172. The van der Waals surface area contributed by atoms with Crippen molar-refractivity contribution < 1.29 is 14.8 Å². The van der Waals surface area contributed by atoms with E-state index in [0.717, 1.165) is 23.5 Å². The first-order chi connectivity index (χ1) is 16.5. The van der Waals surface area contributed by atoms with Crippen LogP contribution in [0.25, 0.3) is 17.1 Å². The minimum Gasteiger partial charge on any atom is -0.507 e. The highest BCUT2D eigenvalue weighted by atomic mass is 32.2. The fraction of sp³-hybridized carbons (Fsp3) is 0.0435. The lowest BCUT2D eigenvalue weighted by atomic mass is 10.2. The van der Waals surface area contributed by atoms with Gasteiger partial charge in [-0.2, -0.15) is 5.10 Å². The molecule has 4 aromatic rings. The molecule has 1 aromatic heterocycles. The van der Waals surface area contributed by atoms with Crippen LogP contribution < -0.4 is 5.43 Å². The second-order valence-electron chi connectivity index (χ2n) is 6.93. The van der Waals surface area contributed by atoms with Gasteiger partial charge in [-0.25, -0.2) is 5.43 Å². The maximum atomic E-state index is 12.3. The van der Waals surface area contributed by atoms with Crippen LogP contribution in [0.1, 0.15) is 5.56 Å². The summed E-state index contributed by atoms with van der Waals surface area (Å²) in [6.07, 6.45) is 1.14. The van der Waals surface area contributed by atoms with E-state index in [4.69, 9.17) is 0 Å². The zero-order chi connectivity index (χ0) is 23.9. The highest BCUT2D eigenvalue weighted by Crippen LogP contribution is 2.27. The number of carbonyl (C=O) groups is 1. The molecule has 0 atom stereocenters. The number of carbonyl (C=O) groups excluding carboxylic acids is 1. The number of hydrogen-bond acceptors (Lipinski definition) is 8. The van der Waals surface area contributed by atoms with Crippen LogP contribution in [0.4, 0.5) is 5.69 Å². The lowest BCUT2D eigenvalue weighted by Gasteiger charge is -2.10. The van der Waals surface area contributed by atoms with Crippen LogP contribution in [0.2, 0.25) is 0 Å². The average Bonchev–Trinajstić information content (AvgIpc) is 3.29. The lowest BCUT2D eigenvalue weighted by Crippen LogP contribution is -2.20. The van der Waals surface area contributed by atoms with Gasteiger partial charge in [0.1, 0.15) is 5.75 Å². The predicted molar refractivity (Wildman–Crippen MR) is 128 cm³/mol. The molecule has 11 heteroatoms. The van der Waals surface area contributed by atoms with Crippen LogP contribution in [-0.2, 0) is 4.79 Å². The third-order valence-corrected chi connectivity index (χ3v) is 5.56. The predicted octanol–water partition coefficient (Wildman–Crippen LogP) is 3.79. The Balaban J connectivity index is 1.47. The van der Waals surface area contributed by atoms with E-state index in [1.807, 2.05) is 65.2 Å². The minimum atomic E-state index is -0.585. The number of rotatable bonds is 8. The molecule has 1 amide bonds. The summed E-state index contributed by atoms with van der Waals surface area (Å²) >= 11 is 1.19. The Hall–Kier alpha value is -4.51. The molecular formula is C23H18N6O4S. The van der Waals surface area contributed by atoms with Crippen LogP contribution in [0.15, 0.2) is 89.1 Å². The van der Waals surface area contributed by atoms with Gasteiger partial charge in [0.15, 0.2) is 11.0 Å². The molecule has 0 aliphatic rings. The van der Waals surface area contributed by atoms with Gasteiger partial charge in [-0.1, -0.05) is 60.3 Å². The number of amides is 1. The van der Waals surface area contributed by atoms with Crippen LogP contribution in [0.3, 0.4) is 0 Å². The maximum absolute atomic E-state index is 12.3. The number of phenolic OH excluding ortho intramolecular Hbond substituents is 1. The molecule has 10 nitrogen and oxygen atoms in total. The molecule has 1 heterocycles. The zero-order valence-electron chi connectivity index (χ0n) is 17.6. The normalized spacial score (nSPS) is 10.9. The van der Waals surface area contributed by atoms with Gasteiger partial charge in [-0.15, -0.1) is 10.2 Å². The summed E-state index contributed by atoms with van der Waals surface area (Å²) in [6.45, 7) is 0. The second kappa shape index (κ2) is 10.4. The van der Waals surface area contributed by atoms with E-state index in [9.17, 15) is 20.0 Å². The molecule has 0 bridgehead atoms. The Kier molecular flexibility index (Phi) is 6.94. The molecule has 0 unspecified atom stereocenters. The number of nitrogens with one attached hydrogen (secondary N) is 1. The zero-order valence-corrected chi connectivity index (χ0v) is 18.4. The van der Waals surface area contributed by atoms with Crippen molar-refractivity contribution >= 4 is 29.6 Å². The third-order valence-electron chi connectivity index (χ3n) is 4.63. The van der Waals surface area contributed by atoms with Crippen LogP contribution >= 0.6 is 11.8 Å². The Morgan fingerprint density at radius 1 is 1.09 bits per heavy atom. The van der Waals surface area contributed by atoms with Gasteiger partial charge < -0.3 is 5.11 Å². The third kappa shape index (κ3) is 5.27. The smallest absolute Gasteiger partial charge is 0.270 e. The molecule has 0 aliphatic heterocycles. The summed E-state index contributed by atoms with van der Waals surface area (Å²) < 4.78 is 1.87. The van der Waals surface area contributed by atoms with E-state index in [1.165, 1.54) is 23.9 Å². The van der Waals surface area contributed by atoms with E-state index < -0.39 is 10.8 Å². The Morgan fingerprint density at radius 3 is 2.50 bits per heavy atom. The molecule has 0 spiro atoms. The first-order valence-corrected chi connectivity index (χ1v) is 11.0. The number of nitrogens with zero attached hydrogens (tertiary/aromatic N) is 5. The molecule has 0 fully saturated rings. The molecule has 0 saturated heterocycles. The minimum absolute atomic E-state index is 0.00197. The van der Waals surface area contributed by atoms with E-state index in [-0.39, 0.29) is 22.8 Å². The average molecular weight is 475 g/mol. The van der Waals surface area contributed by atoms with Crippen molar-refractivity contribution in [3.8, 4) is 22.8 Å². The van der Waals surface area contributed by atoms with E-state index >= 15 is 0 Å². The molecule has 0 aliphatic carbocycles. The van der Waals surface area contributed by atoms with Crippen molar-refractivity contribution in [1.29, 1.82) is 0 Å². The summed E-state index contributed by atoms with van der Waals surface area (Å²) in [7, 11) is 0. The largest absolute Gasteiger partial charge is 0.507 e. The molecule has 3 aromatic carbocycles. The van der Waals surface area contributed by atoms with Crippen molar-refractivity contribution in [3.05, 3.63) is 94.5 Å². The fourth-order valence-electron chi connectivity index (χ4n) is 3.04.